The number of benzene rings is 1. The van der Waals surface area contributed by atoms with Gasteiger partial charge in [0.1, 0.15) is 0 Å². The van der Waals surface area contributed by atoms with Crippen molar-refractivity contribution in [2.45, 2.75) is 25.0 Å². The third-order valence-electron chi connectivity index (χ3n) is 4.91. The lowest BCUT2D eigenvalue weighted by Gasteiger charge is -2.37. The lowest BCUT2D eigenvalue weighted by molar-refractivity contribution is 0.120. The van der Waals surface area contributed by atoms with Crippen LogP contribution in [-0.4, -0.2) is 48.4 Å². The van der Waals surface area contributed by atoms with Gasteiger partial charge in [-0.2, -0.15) is 0 Å². The minimum absolute atomic E-state index is 0.227. The second-order valence-corrected chi connectivity index (χ2v) is 6.05. The summed E-state index contributed by atoms with van der Waals surface area (Å²) in [7, 11) is 0. The molecule has 0 bridgehead atoms. The van der Waals surface area contributed by atoms with E-state index in [1.165, 1.54) is 16.2 Å². The number of carbonyl (C=O) groups is 1. The van der Waals surface area contributed by atoms with Gasteiger partial charge < -0.3 is 25.4 Å². The summed E-state index contributed by atoms with van der Waals surface area (Å²) in [4.78, 5) is 15.2. The largest absolute Gasteiger partial charge is 0.465 e. The van der Waals surface area contributed by atoms with Gasteiger partial charge in [0, 0.05) is 48.5 Å². The normalized spacial score (nSPS) is 27.0. The predicted molar refractivity (Wildman–Crippen MR) is 78.6 cm³/mol. The first-order valence-electron chi connectivity index (χ1n) is 7.39. The van der Waals surface area contributed by atoms with Crippen molar-refractivity contribution in [1.29, 1.82) is 0 Å². The van der Waals surface area contributed by atoms with Gasteiger partial charge in [0.2, 0.25) is 0 Å². The van der Waals surface area contributed by atoms with Crippen LogP contribution in [-0.2, 0) is 11.3 Å². The number of amides is 1. The van der Waals surface area contributed by atoms with Gasteiger partial charge in [-0.1, -0.05) is 0 Å². The summed E-state index contributed by atoms with van der Waals surface area (Å²) in [6, 6.07) is 4.38. The highest BCUT2D eigenvalue weighted by molar-refractivity contribution is 5.72. The van der Waals surface area contributed by atoms with Gasteiger partial charge in [-0.25, -0.2) is 4.79 Å². The maximum Gasteiger partial charge on any atom is 0.407 e. The first-order valence-corrected chi connectivity index (χ1v) is 7.39. The maximum atomic E-state index is 11.3. The molecule has 2 unspecified atom stereocenters. The molecule has 3 N–H and O–H groups in total. The lowest BCUT2D eigenvalue weighted by atomic mass is 9.88. The average Bonchev–Trinajstić information content (AvgIpc) is 2.62. The van der Waals surface area contributed by atoms with Crippen molar-refractivity contribution in [2.24, 2.45) is 0 Å². The van der Waals surface area contributed by atoms with Gasteiger partial charge in [-0.15, -0.1) is 0 Å². The van der Waals surface area contributed by atoms with Crippen molar-refractivity contribution in [1.82, 2.24) is 4.90 Å². The molecule has 0 radical (unpaired) electrons. The summed E-state index contributed by atoms with van der Waals surface area (Å²) in [5.41, 5.74) is 10.4. The summed E-state index contributed by atoms with van der Waals surface area (Å²) in [5, 5.41) is 9.26. The zero-order valence-electron chi connectivity index (χ0n) is 11.8. The van der Waals surface area contributed by atoms with Crippen LogP contribution >= 0.6 is 0 Å². The number of nitrogen functional groups attached to an aromatic ring is 1. The molecule has 1 aromatic carbocycles. The molecule has 1 saturated heterocycles. The van der Waals surface area contributed by atoms with Crippen LogP contribution in [0.5, 0.6) is 0 Å². The van der Waals surface area contributed by atoms with Crippen molar-refractivity contribution in [3.8, 4) is 0 Å². The van der Waals surface area contributed by atoms with Gasteiger partial charge in [-0.3, -0.25) is 0 Å². The highest BCUT2D eigenvalue weighted by Gasteiger charge is 2.44. The highest BCUT2D eigenvalue weighted by Crippen LogP contribution is 2.48. The van der Waals surface area contributed by atoms with E-state index in [9.17, 15) is 9.90 Å². The molecule has 112 valence electrons. The van der Waals surface area contributed by atoms with Gasteiger partial charge in [0.25, 0.3) is 0 Å². The molecule has 0 spiro atoms. The number of carboxylic acid groups (broad SMARTS) is 1. The predicted octanol–water partition coefficient (Wildman–Crippen LogP) is 1.45. The Morgan fingerprint density at radius 3 is 3.05 bits per heavy atom. The van der Waals surface area contributed by atoms with E-state index < -0.39 is 6.09 Å². The molecule has 2 atom stereocenters. The minimum Gasteiger partial charge on any atom is -0.465 e. The molecule has 1 amide bonds. The molecule has 6 nitrogen and oxygen atoms in total. The Morgan fingerprint density at radius 1 is 1.38 bits per heavy atom. The molecular weight excluding hydrogens is 270 g/mol. The number of likely N-dealkylation sites (tertiary alicyclic amines) is 1. The molecule has 4 rings (SSSR count). The SMILES string of the molecule is Nc1cc2c3c(c1)C1CN(C(=O)O)CCC1N3CCOC2. The van der Waals surface area contributed by atoms with E-state index >= 15 is 0 Å². The van der Waals surface area contributed by atoms with Crippen LogP contribution in [0.25, 0.3) is 0 Å². The maximum absolute atomic E-state index is 11.3. The zero-order valence-corrected chi connectivity index (χ0v) is 11.8. The summed E-state index contributed by atoms with van der Waals surface area (Å²) in [5.74, 6) is 0.227. The van der Waals surface area contributed by atoms with Gasteiger partial charge in [-0.05, 0) is 24.1 Å². The number of piperidine rings is 1. The van der Waals surface area contributed by atoms with Crippen LogP contribution in [0.1, 0.15) is 23.5 Å². The molecule has 21 heavy (non-hydrogen) atoms. The zero-order chi connectivity index (χ0) is 14.6. The smallest absolute Gasteiger partial charge is 0.407 e. The summed E-state index contributed by atoms with van der Waals surface area (Å²) in [6.07, 6.45) is 0.0401. The molecule has 3 heterocycles. The molecule has 1 fully saturated rings. The van der Waals surface area contributed by atoms with Gasteiger partial charge in [0.05, 0.1) is 13.2 Å². The second-order valence-electron chi connectivity index (χ2n) is 6.05. The van der Waals surface area contributed by atoms with Crippen LogP contribution in [0.2, 0.25) is 0 Å². The Hall–Kier alpha value is -1.95. The number of nitrogens with zero attached hydrogens (tertiary/aromatic N) is 2. The van der Waals surface area contributed by atoms with Crippen LogP contribution in [0.4, 0.5) is 16.2 Å². The van der Waals surface area contributed by atoms with E-state index in [1.807, 2.05) is 12.1 Å². The Morgan fingerprint density at radius 2 is 2.24 bits per heavy atom. The number of rotatable bonds is 0. The van der Waals surface area contributed by atoms with Gasteiger partial charge >= 0.3 is 6.09 Å². The average molecular weight is 289 g/mol. The highest BCUT2D eigenvalue weighted by atomic mass is 16.5. The van der Waals surface area contributed by atoms with E-state index in [0.717, 1.165) is 24.2 Å². The number of fused-ring (bicyclic) bond motifs is 3. The molecule has 1 aromatic rings. The topological polar surface area (TPSA) is 79.0 Å². The van der Waals surface area contributed by atoms with Crippen molar-refractivity contribution in [2.75, 3.05) is 36.9 Å². The van der Waals surface area contributed by atoms with Crippen LogP contribution in [0.15, 0.2) is 12.1 Å². The van der Waals surface area contributed by atoms with Crippen molar-refractivity contribution in [3.63, 3.8) is 0 Å². The van der Waals surface area contributed by atoms with E-state index in [4.69, 9.17) is 10.5 Å². The molecule has 6 heteroatoms. The summed E-state index contributed by atoms with van der Waals surface area (Å²) in [6.45, 7) is 3.34. The molecule has 0 saturated carbocycles. The standard InChI is InChI=1S/C15H19N3O3/c16-10-5-9-8-21-4-3-18-13-1-2-17(15(19)20)7-12(13)11(6-10)14(9)18/h5-6,12-13H,1-4,7-8,16H2,(H,19,20). The molecule has 3 aliphatic heterocycles. The molecule has 0 aromatic heterocycles. The van der Waals surface area contributed by atoms with Crippen molar-refractivity contribution >= 4 is 17.5 Å². The third-order valence-corrected chi connectivity index (χ3v) is 4.91. The van der Waals surface area contributed by atoms with Crippen LogP contribution in [0.3, 0.4) is 0 Å². The fourth-order valence-corrected chi connectivity index (χ4v) is 4.07. The number of ether oxygens (including phenoxy) is 1. The quantitative estimate of drug-likeness (QED) is 0.707. The van der Waals surface area contributed by atoms with Crippen LogP contribution < -0.4 is 10.6 Å². The Bertz CT molecular complexity index is 604. The van der Waals surface area contributed by atoms with Crippen molar-refractivity contribution in [3.05, 3.63) is 23.3 Å². The lowest BCUT2D eigenvalue weighted by Crippen LogP contribution is -2.48. The third kappa shape index (κ3) is 1.86. The minimum atomic E-state index is -0.826. The fourth-order valence-electron chi connectivity index (χ4n) is 4.07. The first kappa shape index (κ1) is 12.8. The summed E-state index contributed by atoms with van der Waals surface area (Å²) < 4.78 is 5.67. The van der Waals surface area contributed by atoms with E-state index in [-0.39, 0.29) is 5.92 Å². The Balaban J connectivity index is 1.80. The van der Waals surface area contributed by atoms with E-state index in [0.29, 0.717) is 32.3 Å². The number of nitrogens with two attached hydrogens (primary N) is 1. The van der Waals surface area contributed by atoms with Crippen molar-refractivity contribution < 1.29 is 14.6 Å². The van der Waals surface area contributed by atoms with E-state index in [1.54, 1.807) is 0 Å². The van der Waals surface area contributed by atoms with E-state index in [2.05, 4.69) is 4.90 Å². The Kier molecular flexibility index (Phi) is 2.75. The van der Waals surface area contributed by atoms with Crippen LogP contribution in [0, 0.1) is 0 Å². The second kappa shape index (κ2) is 4.53. The molecule has 3 aliphatic rings. The molecule has 0 aliphatic carbocycles. The first-order chi connectivity index (χ1) is 10.1. The Labute approximate surface area is 123 Å². The monoisotopic (exact) mass is 289 g/mol. The fraction of sp³-hybridized carbons (Fsp3) is 0.533. The number of hydrogen-bond donors (Lipinski definition) is 2. The van der Waals surface area contributed by atoms with Gasteiger partial charge in [0.15, 0.2) is 0 Å². The number of anilines is 2. The summed E-state index contributed by atoms with van der Waals surface area (Å²) >= 11 is 0. The number of hydrogen-bond acceptors (Lipinski definition) is 4. The molecular formula is C15H19N3O3.